The molecule has 0 fully saturated rings. The van der Waals surface area contributed by atoms with Gasteiger partial charge in [-0.05, 0) is 24.7 Å². The van der Waals surface area contributed by atoms with Crippen molar-refractivity contribution >= 4 is 23.9 Å². The molecule has 1 aliphatic carbocycles. The summed E-state index contributed by atoms with van der Waals surface area (Å²) in [5.41, 5.74) is 0. The zero-order chi connectivity index (χ0) is 16.9. The van der Waals surface area contributed by atoms with E-state index in [0.717, 1.165) is 0 Å². The van der Waals surface area contributed by atoms with Gasteiger partial charge in [-0.2, -0.15) is 0 Å². The lowest BCUT2D eigenvalue weighted by Gasteiger charge is -2.35. The van der Waals surface area contributed by atoms with Crippen LogP contribution in [0.25, 0.3) is 0 Å². The van der Waals surface area contributed by atoms with Crippen LogP contribution in [0.15, 0.2) is 12.2 Å². The van der Waals surface area contributed by atoms with Crippen molar-refractivity contribution < 1.29 is 39.6 Å². The minimum atomic E-state index is -1.31. The highest BCUT2D eigenvalue weighted by Crippen LogP contribution is 2.39. The smallest absolute Gasteiger partial charge is 0.307 e. The first-order valence-electron chi connectivity index (χ1n) is 6.78. The van der Waals surface area contributed by atoms with Gasteiger partial charge in [-0.1, -0.05) is 12.2 Å². The summed E-state index contributed by atoms with van der Waals surface area (Å²) in [6.45, 7) is 0. The summed E-state index contributed by atoms with van der Waals surface area (Å²) in [6, 6.07) is 0. The molecule has 8 heteroatoms. The van der Waals surface area contributed by atoms with Crippen molar-refractivity contribution in [1.82, 2.24) is 0 Å². The zero-order valence-electron chi connectivity index (χ0n) is 11.7. The Morgan fingerprint density at radius 2 is 1.09 bits per heavy atom. The number of hydrogen-bond acceptors (Lipinski definition) is 4. The van der Waals surface area contributed by atoms with E-state index in [1.807, 2.05) is 0 Å². The maximum absolute atomic E-state index is 11.3. The Bertz CT molecular complexity index is 451. The summed E-state index contributed by atoms with van der Waals surface area (Å²) >= 11 is 0. The van der Waals surface area contributed by atoms with Crippen molar-refractivity contribution in [2.45, 2.75) is 25.7 Å². The standard InChI is InChI=1S/C14H18O8/c15-11(16)5-9(13(19)20)7-3-1-2-4-8(7)10(14(21)22)6-12(17)18/h1-2,7-10H,3-6H2,(H,15,16)(H,17,18)(H,19,20)(H,21,22). The highest BCUT2D eigenvalue weighted by molar-refractivity contribution is 5.79. The summed E-state index contributed by atoms with van der Waals surface area (Å²) in [5, 5.41) is 36.2. The van der Waals surface area contributed by atoms with Gasteiger partial charge in [0, 0.05) is 0 Å². The third-order valence-corrected chi connectivity index (χ3v) is 3.99. The van der Waals surface area contributed by atoms with Crippen LogP contribution >= 0.6 is 0 Å². The minimum absolute atomic E-state index is 0.221. The second-order valence-corrected chi connectivity index (χ2v) is 5.36. The van der Waals surface area contributed by atoms with E-state index in [2.05, 4.69) is 0 Å². The molecule has 0 saturated carbocycles. The SMILES string of the molecule is O=C(O)CC(C(=O)O)C1CC=CCC1C(CC(=O)O)C(=O)O. The highest BCUT2D eigenvalue weighted by atomic mass is 16.4. The van der Waals surface area contributed by atoms with Gasteiger partial charge < -0.3 is 20.4 Å². The van der Waals surface area contributed by atoms with Crippen LogP contribution in [-0.4, -0.2) is 44.3 Å². The quantitative estimate of drug-likeness (QED) is 0.483. The van der Waals surface area contributed by atoms with Gasteiger partial charge in [0.25, 0.3) is 0 Å². The van der Waals surface area contributed by atoms with Gasteiger partial charge in [0.2, 0.25) is 0 Å². The Hall–Kier alpha value is -2.38. The van der Waals surface area contributed by atoms with Crippen LogP contribution in [0, 0.1) is 23.7 Å². The molecule has 0 heterocycles. The van der Waals surface area contributed by atoms with Crippen LogP contribution in [0.3, 0.4) is 0 Å². The van der Waals surface area contributed by atoms with E-state index in [9.17, 15) is 29.4 Å². The van der Waals surface area contributed by atoms with Crippen molar-refractivity contribution in [1.29, 1.82) is 0 Å². The molecule has 0 spiro atoms. The summed E-state index contributed by atoms with van der Waals surface area (Å²) in [7, 11) is 0. The van der Waals surface area contributed by atoms with Crippen LogP contribution < -0.4 is 0 Å². The molecule has 4 N–H and O–H groups in total. The maximum Gasteiger partial charge on any atom is 0.307 e. The molecule has 4 atom stereocenters. The molecule has 0 bridgehead atoms. The van der Waals surface area contributed by atoms with Gasteiger partial charge in [0.05, 0.1) is 24.7 Å². The summed E-state index contributed by atoms with van der Waals surface area (Å²) < 4.78 is 0. The van der Waals surface area contributed by atoms with E-state index < -0.39 is 60.4 Å². The predicted molar refractivity (Wildman–Crippen MR) is 72.1 cm³/mol. The summed E-state index contributed by atoms with van der Waals surface area (Å²) in [5.74, 6) is -9.14. The first kappa shape index (κ1) is 17.7. The molecular weight excluding hydrogens is 296 g/mol. The largest absolute Gasteiger partial charge is 0.481 e. The van der Waals surface area contributed by atoms with Gasteiger partial charge in [0.15, 0.2) is 0 Å². The fourth-order valence-corrected chi connectivity index (χ4v) is 3.00. The third-order valence-electron chi connectivity index (χ3n) is 3.99. The van der Waals surface area contributed by atoms with Gasteiger partial charge in [0.1, 0.15) is 0 Å². The number of allylic oxidation sites excluding steroid dienone is 2. The van der Waals surface area contributed by atoms with E-state index in [4.69, 9.17) is 10.2 Å². The number of carbonyl (C=O) groups is 4. The molecule has 8 nitrogen and oxygen atoms in total. The van der Waals surface area contributed by atoms with Crippen molar-refractivity contribution in [3.05, 3.63) is 12.2 Å². The Balaban J connectivity index is 3.09. The lowest BCUT2D eigenvalue weighted by atomic mass is 9.68. The van der Waals surface area contributed by atoms with Crippen molar-refractivity contribution in [2.75, 3.05) is 0 Å². The Morgan fingerprint density at radius 1 is 0.773 bits per heavy atom. The predicted octanol–water partition coefficient (Wildman–Crippen LogP) is 0.920. The van der Waals surface area contributed by atoms with Crippen LogP contribution in [0.1, 0.15) is 25.7 Å². The van der Waals surface area contributed by atoms with E-state index in [-0.39, 0.29) is 12.8 Å². The third kappa shape index (κ3) is 4.57. The summed E-state index contributed by atoms with van der Waals surface area (Å²) in [4.78, 5) is 44.4. The fraction of sp³-hybridized carbons (Fsp3) is 0.571. The van der Waals surface area contributed by atoms with Crippen molar-refractivity contribution in [3.63, 3.8) is 0 Å². The average Bonchev–Trinajstić information content (AvgIpc) is 2.41. The molecule has 0 aromatic rings. The van der Waals surface area contributed by atoms with Crippen LogP contribution in [0.5, 0.6) is 0 Å². The first-order chi connectivity index (χ1) is 10.2. The highest BCUT2D eigenvalue weighted by Gasteiger charge is 2.42. The lowest BCUT2D eigenvalue weighted by molar-refractivity contribution is -0.156. The second kappa shape index (κ2) is 7.58. The minimum Gasteiger partial charge on any atom is -0.481 e. The van der Waals surface area contributed by atoms with Gasteiger partial charge >= 0.3 is 23.9 Å². The Morgan fingerprint density at radius 3 is 1.32 bits per heavy atom. The zero-order valence-corrected chi connectivity index (χ0v) is 11.7. The van der Waals surface area contributed by atoms with Crippen LogP contribution in [0.4, 0.5) is 0 Å². The molecular formula is C14H18O8. The fourth-order valence-electron chi connectivity index (χ4n) is 3.00. The topological polar surface area (TPSA) is 149 Å². The van der Waals surface area contributed by atoms with E-state index in [1.54, 1.807) is 12.2 Å². The number of hydrogen-bond donors (Lipinski definition) is 4. The van der Waals surface area contributed by atoms with Crippen LogP contribution in [0.2, 0.25) is 0 Å². The monoisotopic (exact) mass is 314 g/mol. The number of aliphatic carboxylic acids is 4. The molecule has 4 unspecified atom stereocenters. The summed E-state index contributed by atoms with van der Waals surface area (Å²) in [6.07, 6.45) is 2.56. The number of rotatable bonds is 8. The number of carboxylic acid groups (broad SMARTS) is 4. The van der Waals surface area contributed by atoms with E-state index >= 15 is 0 Å². The lowest BCUT2D eigenvalue weighted by Crippen LogP contribution is -2.39. The molecule has 22 heavy (non-hydrogen) atoms. The van der Waals surface area contributed by atoms with Gasteiger partial charge in [-0.15, -0.1) is 0 Å². The Kier molecular flexibility index (Phi) is 6.09. The molecule has 0 aliphatic heterocycles. The van der Waals surface area contributed by atoms with Gasteiger partial charge in [-0.25, -0.2) is 0 Å². The maximum atomic E-state index is 11.3. The molecule has 0 amide bonds. The first-order valence-corrected chi connectivity index (χ1v) is 6.78. The van der Waals surface area contributed by atoms with Gasteiger partial charge in [-0.3, -0.25) is 19.2 Å². The van der Waals surface area contributed by atoms with E-state index in [0.29, 0.717) is 0 Å². The van der Waals surface area contributed by atoms with Crippen molar-refractivity contribution in [3.8, 4) is 0 Å². The molecule has 122 valence electrons. The molecule has 0 radical (unpaired) electrons. The molecule has 1 aliphatic rings. The Labute approximate surface area is 126 Å². The molecule has 0 aromatic heterocycles. The molecule has 0 saturated heterocycles. The molecule has 0 aromatic carbocycles. The van der Waals surface area contributed by atoms with Crippen LogP contribution in [-0.2, 0) is 19.2 Å². The van der Waals surface area contributed by atoms with E-state index in [1.165, 1.54) is 0 Å². The van der Waals surface area contributed by atoms with Crippen molar-refractivity contribution in [2.24, 2.45) is 23.7 Å². The second-order valence-electron chi connectivity index (χ2n) is 5.36. The normalized spacial score (nSPS) is 23.5. The number of carboxylic acids is 4. The average molecular weight is 314 g/mol. The molecule has 1 rings (SSSR count).